The molecule has 130 valence electrons. The van der Waals surface area contributed by atoms with Gasteiger partial charge in [-0.3, -0.25) is 0 Å². The SMILES string of the molecule is FC(F)(F)c1ccc(-c2noc(-c3ccccc3)c2C(F)(F)F)cc1. The molecule has 2 nitrogen and oxygen atoms in total. The first-order chi connectivity index (χ1) is 11.7. The summed E-state index contributed by atoms with van der Waals surface area (Å²) in [4.78, 5) is 0. The Kier molecular flexibility index (Phi) is 4.06. The van der Waals surface area contributed by atoms with Crippen LogP contribution >= 0.6 is 0 Å². The third kappa shape index (κ3) is 3.38. The van der Waals surface area contributed by atoms with E-state index in [1.807, 2.05) is 0 Å². The number of hydrogen-bond acceptors (Lipinski definition) is 2. The highest BCUT2D eigenvalue weighted by Gasteiger charge is 2.41. The van der Waals surface area contributed by atoms with Crippen LogP contribution in [0.25, 0.3) is 22.6 Å². The van der Waals surface area contributed by atoms with Gasteiger partial charge < -0.3 is 4.52 Å². The van der Waals surface area contributed by atoms with Gasteiger partial charge in [-0.25, -0.2) is 0 Å². The van der Waals surface area contributed by atoms with Gasteiger partial charge in [0.05, 0.1) is 5.56 Å². The van der Waals surface area contributed by atoms with Crippen LogP contribution in [0.15, 0.2) is 59.1 Å². The molecule has 25 heavy (non-hydrogen) atoms. The maximum Gasteiger partial charge on any atom is 0.422 e. The van der Waals surface area contributed by atoms with Crippen molar-refractivity contribution in [2.45, 2.75) is 12.4 Å². The lowest BCUT2D eigenvalue weighted by Crippen LogP contribution is -2.08. The van der Waals surface area contributed by atoms with Gasteiger partial charge >= 0.3 is 12.4 Å². The maximum absolute atomic E-state index is 13.5. The fraction of sp³-hybridized carbons (Fsp3) is 0.118. The predicted octanol–water partition coefficient (Wildman–Crippen LogP) is 6.05. The zero-order valence-corrected chi connectivity index (χ0v) is 12.3. The molecule has 1 heterocycles. The molecule has 0 aliphatic carbocycles. The van der Waals surface area contributed by atoms with E-state index in [0.29, 0.717) is 12.1 Å². The number of alkyl halides is 6. The average Bonchev–Trinajstić information content (AvgIpc) is 3.00. The Bertz CT molecular complexity index is 863. The standard InChI is InChI=1S/C17H9F6NO/c18-16(19,20)12-8-6-10(7-9-12)14-13(17(21,22)23)15(25-24-14)11-4-2-1-3-5-11/h1-9H. The van der Waals surface area contributed by atoms with Gasteiger partial charge in [0.2, 0.25) is 0 Å². The van der Waals surface area contributed by atoms with Crippen molar-refractivity contribution in [3.05, 3.63) is 65.7 Å². The lowest BCUT2D eigenvalue weighted by Gasteiger charge is -2.10. The number of hydrogen-bond donors (Lipinski definition) is 0. The molecule has 0 N–H and O–H groups in total. The van der Waals surface area contributed by atoms with Crippen molar-refractivity contribution in [3.8, 4) is 22.6 Å². The van der Waals surface area contributed by atoms with E-state index >= 15 is 0 Å². The number of aromatic nitrogens is 1. The minimum Gasteiger partial charge on any atom is -0.355 e. The van der Waals surface area contributed by atoms with E-state index in [1.54, 1.807) is 6.07 Å². The van der Waals surface area contributed by atoms with E-state index in [1.165, 1.54) is 24.3 Å². The Morgan fingerprint density at radius 3 is 1.80 bits per heavy atom. The molecule has 0 saturated heterocycles. The summed E-state index contributed by atoms with van der Waals surface area (Å²) < 4.78 is 83.2. The van der Waals surface area contributed by atoms with E-state index in [2.05, 4.69) is 5.16 Å². The topological polar surface area (TPSA) is 26.0 Å². The third-order valence-electron chi connectivity index (χ3n) is 3.50. The summed E-state index contributed by atoms with van der Waals surface area (Å²) in [6, 6.07) is 10.8. The summed E-state index contributed by atoms with van der Waals surface area (Å²) >= 11 is 0. The van der Waals surface area contributed by atoms with Crippen LogP contribution in [0.2, 0.25) is 0 Å². The summed E-state index contributed by atoms with van der Waals surface area (Å²) in [6.07, 6.45) is -9.37. The smallest absolute Gasteiger partial charge is 0.355 e. The van der Waals surface area contributed by atoms with Crippen LogP contribution in [0.4, 0.5) is 26.3 Å². The van der Waals surface area contributed by atoms with Crippen LogP contribution < -0.4 is 0 Å². The van der Waals surface area contributed by atoms with Gasteiger partial charge in [0.1, 0.15) is 11.3 Å². The second-order valence-electron chi connectivity index (χ2n) is 5.17. The molecule has 0 atom stereocenters. The van der Waals surface area contributed by atoms with Gasteiger partial charge in [0, 0.05) is 11.1 Å². The monoisotopic (exact) mass is 357 g/mol. The highest BCUT2D eigenvalue weighted by molar-refractivity contribution is 5.73. The van der Waals surface area contributed by atoms with Crippen LogP contribution in [0.3, 0.4) is 0 Å². The molecule has 0 amide bonds. The van der Waals surface area contributed by atoms with Crippen LogP contribution in [-0.4, -0.2) is 5.16 Å². The molecule has 0 spiro atoms. The molecule has 0 aliphatic heterocycles. The Morgan fingerprint density at radius 2 is 1.28 bits per heavy atom. The van der Waals surface area contributed by atoms with Crippen molar-refractivity contribution in [1.29, 1.82) is 0 Å². The quantitative estimate of drug-likeness (QED) is 0.522. The highest BCUT2D eigenvalue weighted by atomic mass is 19.4. The van der Waals surface area contributed by atoms with Gasteiger partial charge in [-0.05, 0) is 12.1 Å². The number of benzene rings is 2. The molecule has 1 aromatic heterocycles. The molecule has 3 aromatic rings. The van der Waals surface area contributed by atoms with Crippen molar-refractivity contribution in [1.82, 2.24) is 5.16 Å². The Labute approximate surface area is 137 Å². The molecule has 3 rings (SSSR count). The summed E-state index contributed by atoms with van der Waals surface area (Å²) in [5.74, 6) is -0.483. The van der Waals surface area contributed by atoms with Crippen molar-refractivity contribution in [2.75, 3.05) is 0 Å². The van der Waals surface area contributed by atoms with Crippen LogP contribution in [-0.2, 0) is 12.4 Å². The largest absolute Gasteiger partial charge is 0.422 e. The molecule has 0 unspecified atom stereocenters. The molecular weight excluding hydrogens is 348 g/mol. The third-order valence-corrected chi connectivity index (χ3v) is 3.50. The van der Waals surface area contributed by atoms with Crippen LogP contribution in [0, 0.1) is 0 Å². The molecule has 0 fully saturated rings. The van der Waals surface area contributed by atoms with Gasteiger partial charge in [-0.2, -0.15) is 26.3 Å². The van der Waals surface area contributed by atoms with Gasteiger partial charge in [-0.15, -0.1) is 0 Å². The summed E-state index contributed by atoms with van der Waals surface area (Å²) in [7, 11) is 0. The normalized spacial score (nSPS) is 12.4. The lowest BCUT2D eigenvalue weighted by atomic mass is 10.0. The Morgan fingerprint density at radius 1 is 0.680 bits per heavy atom. The van der Waals surface area contributed by atoms with Crippen molar-refractivity contribution >= 4 is 0 Å². The van der Waals surface area contributed by atoms with Gasteiger partial charge in [-0.1, -0.05) is 47.6 Å². The predicted molar refractivity (Wildman–Crippen MR) is 77.4 cm³/mol. The van der Waals surface area contributed by atoms with Crippen LogP contribution in [0.1, 0.15) is 11.1 Å². The molecule has 0 bridgehead atoms. The zero-order valence-electron chi connectivity index (χ0n) is 12.3. The van der Waals surface area contributed by atoms with Crippen molar-refractivity contribution in [2.24, 2.45) is 0 Å². The molecule has 2 aromatic carbocycles. The molecule has 0 aliphatic rings. The molecule has 0 saturated carbocycles. The van der Waals surface area contributed by atoms with Crippen LogP contribution in [0.5, 0.6) is 0 Å². The fourth-order valence-electron chi connectivity index (χ4n) is 2.35. The summed E-state index contributed by atoms with van der Waals surface area (Å²) in [5, 5.41) is 3.44. The first-order valence-corrected chi connectivity index (χ1v) is 6.98. The first-order valence-electron chi connectivity index (χ1n) is 6.98. The van der Waals surface area contributed by atoms with E-state index in [4.69, 9.17) is 4.52 Å². The lowest BCUT2D eigenvalue weighted by molar-refractivity contribution is -0.138. The van der Waals surface area contributed by atoms with E-state index in [9.17, 15) is 26.3 Å². The first kappa shape index (κ1) is 17.1. The van der Waals surface area contributed by atoms with E-state index < -0.39 is 34.9 Å². The van der Waals surface area contributed by atoms with Gasteiger partial charge in [0.25, 0.3) is 0 Å². The van der Waals surface area contributed by atoms with E-state index in [0.717, 1.165) is 12.1 Å². The van der Waals surface area contributed by atoms with E-state index in [-0.39, 0.29) is 11.1 Å². The second kappa shape index (κ2) is 5.94. The summed E-state index contributed by atoms with van der Waals surface area (Å²) in [5.41, 5.74) is -2.60. The maximum atomic E-state index is 13.5. The summed E-state index contributed by atoms with van der Waals surface area (Å²) in [6.45, 7) is 0. The second-order valence-corrected chi connectivity index (χ2v) is 5.17. The highest BCUT2D eigenvalue weighted by Crippen LogP contribution is 2.43. The minimum atomic E-state index is -4.79. The van der Waals surface area contributed by atoms with Crippen molar-refractivity contribution in [3.63, 3.8) is 0 Å². The molecular formula is C17H9F6NO. The minimum absolute atomic E-state index is 0.119. The Hall–Kier alpha value is -2.77. The van der Waals surface area contributed by atoms with Gasteiger partial charge in [0.15, 0.2) is 5.76 Å². The molecule has 0 radical (unpaired) electrons. The number of halogens is 6. The number of nitrogens with zero attached hydrogens (tertiary/aromatic N) is 1. The average molecular weight is 357 g/mol. The number of rotatable bonds is 2. The zero-order chi connectivity index (χ0) is 18.2. The van der Waals surface area contributed by atoms with Crippen molar-refractivity contribution < 1.29 is 30.9 Å². The fourth-order valence-corrected chi connectivity index (χ4v) is 2.35. The molecule has 8 heteroatoms. The Balaban J connectivity index is 2.13.